The van der Waals surface area contributed by atoms with Crippen LogP contribution in [0.1, 0.15) is 11.1 Å². The number of nitrogens with two attached hydrogens (primary N) is 1. The maximum absolute atomic E-state index is 12.1. The first kappa shape index (κ1) is 14.1. The Hall–Kier alpha value is -1.85. The predicted molar refractivity (Wildman–Crippen MR) is 87.7 cm³/mol. The van der Waals surface area contributed by atoms with Crippen LogP contribution >= 0.6 is 15.9 Å². The summed E-state index contributed by atoms with van der Waals surface area (Å²) < 4.78 is 0.885. The molecule has 0 saturated heterocycles. The lowest BCUT2D eigenvalue weighted by atomic mass is 10.1. The fourth-order valence-corrected chi connectivity index (χ4v) is 2.94. The van der Waals surface area contributed by atoms with Crippen LogP contribution in [-0.4, -0.2) is 17.4 Å². The number of hydrogen-bond acceptors (Lipinski definition) is 3. The summed E-state index contributed by atoms with van der Waals surface area (Å²) in [6.07, 6.45) is 0. The van der Waals surface area contributed by atoms with Crippen molar-refractivity contribution in [3.8, 4) is 0 Å². The van der Waals surface area contributed by atoms with E-state index in [0.29, 0.717) is 6.54 Å². The summed E-state index contributed by atoms with van der Waals surface area (Å²) in [5.74, 6) is -0.0114. The van der Waals surface area contributed by atoms with Gasteiger partial charge in [0.15, 0.2) is 0 Å². The number of nitrogens with zero attached hydrogens (tertiary/aromatic N) is 1. The second kappa shape index (κ2) is 5.87. The SMILES string of the molecule is Nc1ccc2c(c1)CN(CC(=O)Nc1ccccc1Br)C2. The first-order chi connectivity index (χ1) is 10.1. The Morgan fingerprint density at radius 2 is 1.95 bits per heavy atom. The minimum Gasteiger partial charge on any atom is -0.399 e. The standard InChI is InChI=1S/C16H16BrN3O/c17-14-3-1-2-4-15(14)19-16(21)10-20-8-11-5-6-13(18)7-12(11)9-20/h1-7H,8-10,18H2,(H,19,21). The third kappa shape index (κ3) is 3.25. The highest BCUT2D eigenvalue weighted by Gasteiger charge is 2.21. The highest BCUT2D eigenvalue weighted by Crippen LogP contribution is 2.25. The number of benzene rings is 2. The minimum absolute atomic E-state index is 0.0114. The lowest BCUT2D eigenvalue weighted by Gasteiger charge is -2.15. The number of para-hydroxylation sites is 1. The molecule has 0 spiro atoms. The predicted octanol–water partition coefficient (Wildman–Crippen LogP) is 2.99. The second-order valence-corrected chi connectivity index (χ2v) is 6.06. The number of nitrogen functional groups attached to an aromatic ring is 1. The van der Waals surface area contributed by atoms with Crippen LogP contribution in [0.5, 0.6) is 0 Å². The first-order valence-electron chi connectivity index (χ1n) is 6.76. The van der Waals surface area contributed by atoms with Crippen molar-refractivity contribution in [1.29, 1.82) is 0 Å². The maximum Gasteiger partial charge on any atom is 0.238 e. The van der Waals surface area contributed by atoms with Crippen molar-refractivity contribution in [2.75, 3.05) is 17.6 Å². The van der Waals surface area contributed by atoms with Gasteiger partial charge in [0.2, 0.25) is 5.91 Å². The van der Waals surface area contributed by atoms with Gasteiger partial charge in [-0.2, -0.15) is 0 Å². The molecule has 2 aromatic rings. The van der Waals surface area contributed by atoms with Crippen molar-refractivity contribution in [3.63, 3.8) is 0 Å². The lowest BCUT2D eigenvalue weighted by molar-refractivity contribution is -0.117. The highest BCUT2D eigenvalue weighted by atomic mass is 79.9. The fourth-order valence-electron chi connectivity index (χ4n) is 2.55. The van der Waals surface area contributed by atoms with E-state index in [1.807, 2.05) is 42.5 Å². The monoisotopic (exact) mass is 345 g/mol. The Bertz CT molecular complexity index is 687. The molecule has 0 atom stereocenters. The Morgan fingerprint density at radius 1 is 1.19 bits per heavy atom. The van der Waals surface area contributed by atoms with Gasteiger partial charge in [-0.05, 0) is 51.3 Å². The minimum atomic E-state index is -0.0114. The molecule has 0 unspecified atom stereocenters. The molecule has 3 N–H and O–H groups in total. The molecule has 2 aromatic carbocycles. The van der Waals surface area contributed by atoms with Crippen LogP contribution in [0.15, 0.2) is 46.9 Å². The average Bonchev–Trinajstić information content (AvgIpc) is 2.82. The molecule has 0 saturated carbocycles. The Kier molecular flexibility index (Phi) is 3.94. The molecule has 1 aliphatic heterocycles. The second-order valence-electron chi connectivity index (χ2n) is 5.20. The Balaban J connectivity index is 1.61. The molecular formula is C16H16BrN3O. The van der Waals surface area contributed by atoms with Gasteiger partial charge >= 0.3 is 0 Å². The number of fused-ring (bicyclic) bond motifs is 1. The summed E-state index contributed by atoms with van der Waals surface area (Å²) in [7, 11) is 0. The van der Waals surface area contributed by atoms with Crippen molar-refractivity contribution in [3.05, 3.63) is 58.1 Å². The number of rotatable bonds is 3. The number of halogens is 1. The average molecular weight is 346 g/mol. The third-order valence-electron chi connectivity index (χ3n) is 3.53. The zero-order valence-electron chi connectivity index (χ0n) is 11.5. The van der Waals surface area contributed by atoms with Gasteiger partial charge in [0.1, 0.15) is 0 Å². The van der Waals surface area contributed by atoms with E-state index >= 15 is 0 Å². The van der Waals surface area contributed by atoms with E-state index in [-0.39, 0.29) is 5.91 Å². The van der Waals surface area contributed by atoms with Gasteiger partial charge in [-0.15, -0.1) is 0 Å². The van der Waals surface area contributed by atoms with E-state index in [1.54, 1.807) is 0 Å². The van der Waals surface area contributed by atoms with Crippen LogP contribution in [-0.2, 0) is 17.9 Å². The molecule has 0 aliphatic carbocycles. The summed E-state index contributed by atoms with van der Waals surface area (Å²) in [4.78, 5) is 14.2. The quantitative estimate of drug-likeness (QED) is 0.840. The molecule has 5 heteroatoms. The molecule has 4 nitrogen and oxygen atoms in total. The molecule has 21 heavy (non-hydrogen) atoms. The maximum atomic E-state index is 12.1. The zero-order chi connectivity index (χ0) is 14.8. The van der Waals surface area contributed by atoms with E-state index in [0.717, 1.165) is 28.9 Å². The molecule has 1 aliphatic rings. The van der Waals surface area contributed by atoms with Gasteiger partial charge < -0.3 is 11.1 Å². The largest absolute Gasteiger partial charge is 0.399 e. The van der Waals surface area contributed by atoms with Gasteiger partial charge in [-0.1, -0.05) is 18.2 Å². The van der Waals surface area contributed by atoms with Crippen LogP contribution in [0, 0.1) is 0 Å². The third-order valence-corrected chi connectivity index (χ3v) is 4.22. The topological polar surface area (TPSA) is 58.4 Å². The van der Waals surface area contributed by atoms with Crippen molar-refractivity contribution in [2.24, 2.45) is 0 Å². The number of amides is 1. The summed E-state index contributed by atoms with van der Waals surface area (Å²) in [5, 5.41) is 2.92. The van der Waals surface area contributed by atoms with Gasteiger partial charge in [-0.3, -0.25) is 9.69 Å². The Labute approximate surface area is 132 Å². The van der Waals surface area contributed by atoms with Gasteiger partial charge in [0.05, 0.1) is 12.2 Å². The van der Waals surface area contributed by atoms with Crippen molar-refractivity contribution in [1.82, 2.24) is 4.90 Å². The van der Waals surface area contributed by atoms with Crippen LogP contribution < -0.4 is 11.1 Å². The van der Waals surface area contributed by atoms with E-state index in [2.05, 4.69) is 26.1 Å². The first-order valence-corrected chi connectivity index (χ1v) is 7.55. The lowest BCUT2D eigenvalue weighted by Crippen LogP contribution is -2.29. The normalized spacial score (nSPS) is 14.0. The van der Waals surface area contributed by atoms with Crippen LogP contribution in [0.4, 0.5) is 11.4 Å². The molecule has 0 bridgehead atoms. The van der Waals surface area contributed by atoms with E-state index in [1.165, 1.54) is 11.1 Å². The fraction of sp³-hybridized carbons (Fsp3) is 0.188. The molecule has 108 valence electrons. The smallest absolute Gasteiger partial charge is 0.238 e. The van der Waals surface area contributed by atoms with E-state index in [9.17, 15) is 4.79 Å². The van der Waals surface area contributed by atoms with Crippen LogP contribution in [0.3, 0.4) is 0 Å². The number of carbonyl (C=O) groups is 1. The molecule has 0 fully saturated rings. The number of nitrogens with one attached hydrogen (secondary N) is 1. The molecule has 0 radical (unpaired) electrons. The number of carbonyl (C=O) groups excluding carboxylic acids is 1. The highest BCUT2D eigenvalue weighted by molar-refractivity contribution is 9.10. The van der Waals surface area contributed by atoms with Crippen molar-refractivity contribution in [2.45, 2.75) is 13.1 Å². The molecule has 1 amide bonds. The number of anilines is 2. The summed E-state index contributed by atoms with van der Waals surface area (Å²) in [5.41, 5.74) is 9.82. The van der Waals surface area contributed by atoms with E-state index in [4.69, 9.17) is 5.73 Å². The zero-order valence-corrected chi connectivity index (χ0v) is 13.1. The Morgan fingerprint density at radius 3 is 2.76 bits per heavy atom. The molecular weight excluding hydrogens is 330 g/mol. The molecule has 3 rings (SSSR count). The molecule has 1 heterocycles. The van der Waals surface area contributed by atoms with Crippen LogP contribution in [0.2, 0.25) is 0 Å². The van der Waals surface area contributed by atoms with Gasteiger partial charge in [0, 0.05) is 23.2 Å². The summed E-state index contributed by atoms with van der Waals surface area (Å²) in [6.45, 7) is 1.93. The van der Waals surface area contributed by atoms with Crippen molar-refractivity contribution >= 4 is 33.2 Å². The number of hydrogen-bond donors (Lipinski definition) is 2. The van der Waals surface area contributed by atoms with Crippen molar-refractivity contribution < 1.29 is 4.79 Å². The van der Waals surface area contributed by atoms with Gasteiger partial charge in [0.25, 0.3) is 0 Å². The summed E-state index contributed by atoms with van der Waals surface area (Å²) >= 11 is 3.43. The van der Waals surface area contributed by atoms with Crippen LogP contribution in [0.25, 0.3) is 0 Å². The summed E-state index contributed by atoms with van der Waals surface area (Å²) in [6, 6.07) is 13.5. The molecule has 0 aromatic heterocycles. The van der Waals surface area contributed by atoms with Gasteiger partial charge in [-0.25, -0.2) is 0 Å². The van der Waals surface area contributed by atoms with E-state index < -0.39 is 0 Å².